The molecule has 0 fully saturated rings. The summed E-state index contributed by atoms with van der Waals surface area (Å²) in [4.78, 5) is 24.3. The highest BCUT2D eigenvalue weighted by atomic mass is 35.5. The number of sulfonamides is 1. The van der Waals surface area contributed by atoms with Crippen molar-refractivity contribution in [3.05, 3.63) is 88.4 Å². The van der Waals surface area contributed by atoms with E-state index in [9.17, 15) is 18.0 Å². The van der Waals surface area contributed by atoms with Crippen molar-refractivity contribution >= 4 is 56.5 Å². The molecule has 3 aromatic carbocycles. The third kappa shape index (κ3) is 5.40. The summed E-state index contributed by atoms with van der Waals surface area (Å²) in [6.07, 6.45) is 0. The third-order valence-electron chi connectivity index (χ3n) is 4.43. The van der Waals surface area contributed by atoms with Gasteiger partial charge in [0.25, 0.3) is 15.9 Å². The summed E-state index contributed by atoms with van der Waals surface area (Å²) >= 11 is 11.9. The zero-order chi connectivity index (χ0) is 23.3. The summed E-state index contributed by atoms with van der Waals surface area (Å²) in [7, 11) is -2.37. The van der Waals surface area contributed by atoms with Crippen molar-refractivity contribution < 1.29 is 22.7 Å². The van der Waals surface area contributed by atoms with E-state index in [4.69, 9.17) is 27.9 Å². The fourth-order valence-corrected chi connectivity index (χ4v) is 4.24. The highest BCUT2D eigenvalue weighted by Gasteiger charge is 2.22. The minimum Gasteiger partial charge on any atom is -0.452 e. The van der Waals surface area contributed by atoms with E-state index in [0.717, 1.165) is 4.31 Å². The number of ether oxygens (including phenoxy) is 1. The van der Waals surface area contributed by atoms with Crippen LogP contribution in [0.25, 0.3) is 0 Å². The molecule has 32 heavy (non-hydrogen) atoms. The maximum atomic E-state index is 12.8. The van der Waals surface area contributed by atoms with E-state index < -0.39 is 28.5 Å². The first-order valence-corrected chi connectivity index (χ1v) is 11.4. The lowest BCUT2D eigenvalue weighted by atomic mass is 10.2. The monoisotopic (exact) mass is 492 g/mol. The van der Waals surface area contributed by atoms with Gasteiger partial charge in [-0.15, -0.1) is 0 Å². The molecule has 166 valence electrons. The van der Waals surface area contributed by atoms with Crippen molar-refractivity contribution in [2.45, 2.75) is 4.90 Å². The zero-order valence-corrected chi connectivity index (χ0v) is 19.1. The molecule has 0 aliphatic rings. The van der Waals surface area contributed by atoms with Crippen LogP contribution >= 0.6 is 23.2 Å². The number of esters is 1. The lowest BCUT2D eigenvalue weighted by Gasteiger charge is -2.19. The summed E-state index contributed by atoms with van der Waals surface area (Å²) in [5.41, 5.74) is 0.888. The molecule has 0 spiro atoms. The number of amides is 1. The van der Waals surface area contributed by atoms with E-state index in [2.05, 4.69) is 5.32 Å². The largest absolute Gasteiger partial charge is 0.452 e. The van der Waals surface area contributed by atoms with Crippen LogP contribution in [0.2, 0.25) is 10.0 Å². The van der Waals surface area contributed by atoms with Crippen LogP contribution in [-0.4, -0.2) is 33.9 Å². The highest BCUT2D eigenvalue weighted by molar-refractivity contribution is 7.92. The summed E-state index contributed by atoms with van der Waals surface area (Å²) < 4.78 is 31.7. The zero-order valence-electron chi connectivity index (χ0n) is 16.8. The van der Waals surface area contributed by atoms with Gasteiger partial charge in [-0.1, -0.05) is 47.5 Å². The number of hydrogen-bond acceptors (Lipinski definition) is 5. The fraction of sp³-hybridized carbons (Fsp3) is 0.0909. The Morgan fingerprint density at radius 2 is 1.59 bits per heavy atom. The van der Waals surface area contributed by atoms with Crippen LogP contribution in [0.3, 0.4) is 0 Å². The molecule has 0 unspecified atom stereocenters. The van der Waals surface area contributed by atoms with E-state index in [1.165, 1.54) is 31.3 Å². The molecule has 10 heteroatoms. The number of halogens is 2. The minimum atomic E-state index is -3.81. The van der Waals surface area contributed by atoms with Crippen molar-refractivity contribution in [3.8, 4) is 0 Å². The van der Waals surface area contributed by atoms with Gasteiger partial charge in [-0.05, 0) is 48.5 Å². The predicted octanol–water partition coefficient (Wildman–Crippen LogP) is 4.61. The number of rotatable bonds is 7. The van der Waals surface area contributed by atoms with Gasteiger partial charge in [0.2, 0.25) is 0 Å². The number of hydrogen-bond donors (Lipinski definition) is 1. The molecule has 0 aliphatic heterocycles. The van der Waals surface area contributed by atoms with Crippen LogP contribution < -0.4 is 9.62 Å². The Hall–Kier alpha value is -3.07. The van der Waals surface area contributed by atoms with E-state index >= 15 is 0 Å². The molecule has 0 atom stereocenters. The number of benzene rings is 3. The molecule has 7 nitrogen and oxygen atoms in total. The van der Waals surface area contributed by atoms with Gasteiger partial charge >= 0.3 is 5.97 Å². The molecule has 0 aliphatic carbocycles. The lowest BCUT2D eigenvalue weighted by Crippen LogP contribution is -2.26. The quantitative estimate of drug-likeness (QED) is 0.485. The van der Waals surface area contributed by atoms with Crippen LogP contribution in [-0.2, 0) is 19.6 Å². The van der Waals surface area contributed by atoms with E-state index in [1.807, 2.05) is 0 Å². The Morgan fingerprint density at radius 3 is 2.25 bits per heavy atom. The van der Waals surface area contributed by atoms with Gasteiger partial charge in [-0.25, -0.2) is 13.2 Å². The number of para-hydroxylation sites is 1. The van der Waals surface area contributed by atoms with Gasteiger partial charge in [0.1, 0.15) is 0 Å². The molecule has 0 heterocycles. The average molecular weight is 493 g/mol. The second-order valence-electron chi connectivity index (χ2n) is 6.56. The van der Waals surface area contributed by atoms with E-state index in [-0.39, 0.29) is 26.2 Å². The number of anilines is 2. The molecule has 1 N–H and O–H groups in total. The smallest absolute Gasteiger partial charge is 0.338 e. The molecular formula is C22H18Cl2N2O5S. The fourth-order valence-electron chi connectivity index (χ4n) is 2.70. The van der Waals surface area contributed by atoms with Crippen molar-refractivity contribution in [2.75, 3.05) is 23.3 Å². The van der Waals surface area contributed by atoms with Crippen molar-refractivity contribution in [1.82, 2.24) is 0 Å². The maximum absolute atomic E-state index is 12.8. The van der Waals surface area contributed by atoms with Gasteiger partial charge in [-0.2, -0.15) is 0 Å². The van der Waals surface area contributed by atoms with Crippen LogP contribution in [0.15, 0.2) is 77.7 Å². The minimum absolute atomic E-state index is 0.00810. The molecule has 3 aromatic rings. The van der Waals surface area contributed by atoms with Gasteiger partial charge < -0.3 is 10.1 Å². The first-order valence-electron chi connectivity index (χ1n) is 9.25. The second-order valence-corrected chi connectivity index (χ2v) is 9.31. The highest BCUT2D eigenvalue weighted by Crippen LogP contribution is 2.29. The van der Waals surface area contributed by atoms with E-state index in [0.29, 0.717) is 5.69 Å². The summed E-state index contributed by atoms with van der Waals surface area (Å²) in [6, 6.07) is 18.6. The number of nitrogens with one attached hydrogen (secondary N) is 1. The molecule has 0 saturated heterocycles. The SMILES string of the molecule is CN(c1ccccc1)S(=O)(=O)c1ccc(C(=O)OCC(=O)Nc2cccc(Cl)c2Cl)cc1. The van der Waals surface area contributed by atoms with Crippen LogP contribution in [0.4, 0.5) is 11.4 Å². The van der Waals surface area contributed by atoms with Crippen LogP contribution in [0.5, 0.6) is 0 Å². The summed E-state index contributed by atoms with van der Waals surface area (Å²) in [5.74, 6) is -1.39. The molecule has 0 radical (unpaired) electrons. The summed E-state index contributed by atoms with van der Waals surface area (Å²) in [6.45, 7) is -0.557. The van der Waals surface area contributed by atoms with Crippen LogP contribution in [0, 0.1) is 0 Å². The van der Waals surface area contributed by atoms with Gasteiger partial charge in [-0.3, -0.25) is 9.10 Å². The normalized spacial score (nSPS) is 11.0. The first kappa shape index (κ1) is 23.6. The number of carbonyl (C=O) groups is 2. The molecule has 0 aromatic heterocycles. The molecule has 0 bridgehead atoms. The van der Waals surface area contributed by atoms with Crippen molar-refractivity contribution in [3.63, 3.8) is 0 Å². The van der Waals surface area contributed by atoms with Crippen molar-refractivity contribution in [2.24, 2.45) is 0 Å². The first-order chi connectivity index (χ1) is 15.2. The average Bonchev–Trinajstić information content (AvgIpc) is 2.80. The number of carbonyl (C=O) groups excluding carboxylic acids is 2. The Balaban J connectivity index is 1.62. The molecule has 0 saturated carbocycles. The number of nitrogens with zero attached hydrogens (tertiary/aromatic N) is 1. The Labute approximate surface area is 195 Å². The van der Waals surface area contributed by atoms with E-state index in [1.54, 1.807) is 48.5 Å². The van der Waals surface area contributed by atoms with Gasteiger partial charge in [0, 0.05) is 7.05 Å². The maximum Gasteiger partial charge on any atom is 0.338 e. The molecular weight excluding hydrogens is 475 g/mol. The predicted molar refractivity (Wildman–Crippen MR) is 124 cm³/mol. The Morgan fingerprint density at radius 1 is 0.938 bits per heavy atom. The molecule has 3 rings (SSSR count). The lowest BCUT2D eigenvalue weighted by molar-refractivity contribution is -0.119. The van der Waals surface area contributed by atoms with Crippen LogP contribution in [0.1, 0.15) is 10.4 Å². The topological polar surface area (TPSA) is 92.8 Å². The Kier molecular flexibility index (Phi) is 7.40. The van der Waals surface area contributed by atoms with Gasteiger partial charge in [0.15, 0.2) is 6.61 Å². The summed E-state index contributed by atoms with van der Waals surface area (Å²) in [5, 5.41) is 2.94. The van der Waals surface area contributed by atoms with Gasteiger partial charge in [0.05, 0.1) is 31.9 Å². The Bertz CT molecular complexity index is 1230. The third-order valence-corrected chi connectivity index (χ3v) is 7.05. The van der Waals surface area contributed by atoms with Crippen molar-refractivity contribution in [1.29, 1.82) is 0 Å². The standard InChI is InChI=1S/C22H18Cl2N2O5S/c1-26(16-6-3-2-4-7-16)32(29,30)17-12-10-15(11-13-17)22(28)31-14-20(27)25-19-9-5-8-18(23)21(19)24/h2-13H,14H2,1H3,(H,25,27). The molecule has 1 amide bonds. The second kappa shape index (κ2) is 10.0.